The Morgan fingerprint density at radius 3 is 1.80 bits per heavy atom. The molecular formula is C22H22O3. The monoisotopic (exact) mass is 334 g/mol. The average Bonchev–Trinajstić information content (AvgIpc) is 2.58. The van der Waals surface area contributed by atoms with Crippen molar-refractivity contribution in [3.63, 3.8) is 0 Å². The van der Waals surface area contributed by atoms with Gasteiger partial charge in [-0.05, 0) is 24.1 Å². The zero-order chi connectivity index (χ0) is 18.3. The van der Waals surface area contributed by atoms with Crippen molar-refractivity contribution in [1.29, 1.82) is 0 Å². The van der Waals surface area contributed by atoms with Crippen LogP contribution in [0.5, 0.6) is 5.75 Å². The molecule has 1 rings (SSSR count). The Balaban J connectivity index is 2.35. The van der Waals surface area contributed by atoms with E-state index < -0.39 is 5.97 Å². The summed E-state index contributed by atoms with van der Waals surface area (Å²) in [6.07, 6.45) is 24.9. The van der Waals surface area contributed by atoms with Crippen molar-refractivity contribution in [2.45, 2.75) is 6.92 Å². The Morgan fingerprint density at radius 2 is 1.28 bits per heavy atom. The number of carbonyl (C=O) groups is 1. The first kappa shape index (κ1) is 19.7. The lowest BCUT2D eigenvalue weighted by molar-refractivity contribution is -0.131. The number of allylic oxidation sites excluding steroid dienone is 12. The van der Waals surface area contributed by atoms with Gasteiger partial charge in [-0.25, -0.2) is 4.79 Å². The number of phenols is 1. The highest BCUT2D eigenvalue weighted by molar-refractivity contribution is 5.80. The summed E-state index contributed by atoms with van der Waals surface area (Å²) >= 11 is 0. The molecule has 0 aromatic heterocycles. The van der Waals surface area contributed by atoms with Crippen LogP contribution >= 0.6 is 0 Å². The second kappa shape index (κ2) is 12.1. The van der Waals surface area contributed by atoms with Crippen LogP contribution in [0.1, 0.15) is 11.1 Å². The summed E-state index contributed by atoms with van der Waals surface area (Å²) < 4.78 is 0. The second-order valence-electron chi connectivity index (χ2n) is 4.97. The number of hydrogen-bond donors (Lipinski definition) is 2. The lowest BCUT2D eigenvalue weighted by atomic mass is 10.1. The highest BCUT2D eigenvalue weighted by atomic mass is 16.4. The van der Waals surface area contributed by atoms with E-state index in [0.717, 1.165) is 17.2 Å². The Kier molecular flexibility index (Phi) is 9.57. The molecule has 0 saturated carbocycles. The van der Waals surface area contributed by atoms with Crippen LogP contribution in [0.4, 0.5) is 0 Å². The molecule has 2 N–H and O–H groups in total. The maximum atomic E-state index is 10.2. The molecule has 0 atom stereocenters. The van der Waals surface area contributed by atoms with Crippen LogP contribution in [-0.4, -0.2) is 16.2 Å². The van der Waals surface area contributed by atoms with Crippen LogP contribution < -0.4 is 0 Å². The van der Waals surface area contributed by atoms with E-state index in [1.54, 1.807) is 18.2 Å². The predicted octanol–water partition coefficient (Wildman–Crippen LogP) is 5.14. The predicted molar refractivity (Wildman–Crippen MR) is 104 cm³/mol. The van der Waals surface area contributed by atoms with Crippen molar-refractivity contribution in [3.8, 4) is 5.75 Å². The van der Waals surface area contributed by atoms with Crippen LogP contribution in [0.25, 0.3) is 6.08 Å². The summed E-state index contributed by atoms with van der Waals surface area (Å²) in [4.78, 5) is 10.2. The smallest absolute Gasteiger partial charge is 0.328 e. The first-order valence-electron chi connectivity index (χ1n) is 7.81. The van der Waals surface area contributed by atoms with Crippen molar-refractivity contribution in [3.05, 3.63) is 108 Å². The number of phenolic OH excluding ortho intramolecular Hbond substituents is 1. The molecule has 0 fully saturated rings. The Hall–Kier alpha value is -3.33. The fourth-order valence-corrected chi connectivity index (χ4v) is 1.76. The average molecular weight is 334 g/mol. The maximum Gasteiger partial charge on any atom is 0.328 e. The second-order valence-corrected chi connectivity index (χ2v) is 4.97. The lowest BCUT2D eigenvalue weighted by Crippen LogP contribution is -1.84. The number of carboxylic acids is 1. The van der Waals surface area contributed by atoms with Gasteiger partial charge in [-0.2, -0.15) is 0 Å². The van der Waals surface area contributed by atoms with E-state index in [1.165, 1.54) is 6.08 Å². The minimum absolute atomic E-state index is 0.303. The minimum Gasteiger partial charge on any atom is -0.508 e. The van der Waals surface area contributed by atoms with Crippen molar-refractivity contribution < 1.29 is 15.0 Å². The number of carboxylic acid groups (broad SMARTS) is 1. The Morgan fingerprint density at radius 1 is 0.800 bits per heavy atom. The molecule has 0 spiro atoms. The molecule has 0 bridgehead atoms. The molecule has 0 amide bonds. The van der Waals surface area contributed by atoms with Gasteiger partial charge in [0, 0.05) is 6.08 Å². The van der Waals surface area contributed by atoms with E-state index in [1.807, 2.05) is 79.8 Å². The quantitative estimate of drug-likeness (QED) is 0.511. The molecule has 3 nitrogen and oxygen atoms in total. The molecule has 1 aromatic carbocycles. The molecule has 0 aliphatic carbocycles. The molecule has 25 heavy (non-hydrogen) atoms. The van der Waals surface area contributed by atoms with E-state index in [0.29, 0.717) is 5.75 Å². The van der Waals surface area contributed by atoms with Crippen LogP contribution in [0.2, 0.25) is 0 Å². The molecule has 0 unspecified atom stereocenters. The van der Waals surface area contributed by atoms with Crippen molar-refractivity contribution in [2.75, 3.05) is 0 Å². The first-order chi connectivity index (χ1) is 12.1. The molecule has 128 valence electrons. The molecular weight excluding hydrogens is 312 g/mol. The maximum absolute atomic E-state index is 10.2. The molecule has 0 radical (unpaired) electrons. The molecule has 1 aromatic rings. The van der Waals surface area contributed by atoms with Crippen LogP contribution in [0, 0.1) is 6.92 Å². The summed E-state index contributed by atoms with van der Waals surface area (Å²) in [5.41, 5.74) is 1.86. The third-order valence-electron chi connectivity index (χ3n) is 3.08. The number of rotatable bonds is 8. The van der Waals surface area contributed by atoms with Crippen LogP contribution in [-0.2, 0) is 4.79 Å². The fraction of sp³-hybridized carbons (Fsp3) is 0.0455. The normalized spacial score (nSPS) is 13.2. The lowest BCUT2D eigenvalue weighted by Gasteiger charge is -2.01. The largest absolute Gasteiger partial charge is 0.508 e. The molecule has 0 heterocycles. The van der Waals surface area contributed by atoms with Crippen molar-refractivity contribution >= 4 is 12.0 Å². The number of aliphatic carboxylic acids is 1. The van der Waals surface area contributed by atoms with Gasteiger partial charge >= 0.3 is 5.97 Å². The standard InChI is InChI=1S/C22H22O3/c1-19-20(16-14-17-21(19)23)15-12-10-8-6-4-2-3-5-7-9-11-13-18-22(24)25/h2-18,23H,1H3,(H,24,25)/b3-2+,6-4+,7-5+,10-8+,11-9+,15-12+,18-13+. The molecule has 3 heteroatoms. The number of aromatic hydroxyl groups is 1. The van der Waals surface area contributed by atoms with Crippen molar-refractivity contribution in [1.82, 2.24) is 0 Å². The summed E-state index contributed by atoms with van der Waals surface area (Å²) in [6, 6.07) is 5.45. The van der Waals surface area contributed by atoms with Gasteiger partial charge in [0.15, 0.2) is 0 Å². The molecule has 0 saturated heterocycles. The summed E-state index contributed by atoms with van der Waals surface area (Å²) in [5, 5.41) is 18.0. The zero-order valence-electron chi connectivity index (χ0n) is 14.1. The van der Waals surface area contributed by atoms with Crippen molar-refractivity contribution in [2.24, 2.45) is 0 Å². The van der Waals surface area contributed by atoms with E-state index in [-0.39, 0.29) is 0 Å². The van der Waals surface area contributed by atoms with Gasteiger partial charge < -0.3 is 10.2 Å². The Labute approximate surface area is 148 Å². The highest BCUT2D eigenvalue weighted by Gasteiger charge is 1.97. The van der Waals surface area contributed by atoms with Gasteiger partial charge in [0.05, 0.1) is 0 Å². The van der Waals surface area contributed by atoms with Gasteiger partial charge in [-0.1, -0.05) is 91.1 Å². The molecule has 0 aliphatic rings. The van der Waals surface area contributed by atoms with Crippen LogP contribution in [0.15, 0.2) is 97.2 Å². The van der Waals surface area contributed by atoms with E-state index in [2.05, 4.69) is 0 Å². The van der Waals surface area contributed by atoms with Gasteiger partial charge in [-0.3, -0.25) is 0 Å². The topological polar surface area (TPSA) is 57.5 Å². The van der Waals surface area contributed by atoms with E-state index in [4.69, 9.17) is 5.11 Å². The number of benzene rings is 1. The van der Waals surface area contributed by atoms with Gasteiger partial charge in [0.25, 0.3) is 0 Å². The van der Waals surface area contributed by atoms with Gasteiger partial charge in [0.2, 0.25) is 0 Å². The summed E-state index contributed by atoms with van der Waals surface area (Å²) in [7, 11) is 0. The number of hydrogen-bond acceptors (Lipinski definition) is 2. The summed E-state index contributed by atoms with van der Waals surface area (Å²) in [6.45, 7) is 1.88. The summed E-state index contributed by atoms with van der Waals surface area (Å²) in [5.74, 6) is -0.657. The fourth-order valence-electron chi connectivity index (χ4n) is 1.76. The third-order valence-corrected chi connectivity index (χ3v) is 3.08. The molecule has 0 aliphatic heterocycles. The SMILES string of the molecule is Cc1c(O)cccc1/C=C/C=C/C=C/C=C/C=C/C=C/C=C/C(=O)O. The minimum atomic E-state index is -0.960. The van der Waals surface area contributed by atoms with E-state index in [9.17, 15) is 9.90 Å². The van der Waals surface area contributed by atoms with Gasteiger partial charge in [0.1, 0.15) is 5.75 Å². The van der Waals surface area contributed by atoms with E-state index >= 15 is 0 Å². The zero-order valence-corrected chi connectivity index (χ0v) is 14.1. The third kappa shape index (κ3) is 9.41. The van der Waals surface area contributed by atoms with Gasteiger partial charge in [-0.15, -0.1) is 0 Å². The highest BCUT2D eigenvalue weighted by Crippen LogP contribution is 2.20. The van der Waals surface area contributed by atoms with Crippen LogP contribution in [0.3, 0.4) is 0 Å². The first-order valence-corrected chi connectivity index (χ1v) is 7.81. The Bertz CT molecular complexity index is 757.